The molecule has 0 bridgehead atoms. The van der Waals surface area contributed by atoms with Gasteiger partial charge < -0.3 is 19.4 Å². The summed E-state index contributed by atoms with van der Waals surface area (Å²) in [6, 6.07) is 27.0. The highest BCUT2D eigenvalue weighted by Crippen LogP contribution is 2.38. The fraction of sp³-hybridized carbons (Fsp3) is 0.226. The third-order valence-electron chi connectivity index (χ3n) is 6.59. The lowest BCUT2D eigenvalue weighted by atomic mass is 9.87. The molecule has 6 nitrogen and oxygen atoms in total. The van der Waals surface area contributed by atoms with Crippen LogP contribution in [0.2, 0.25) is 0 Å². The maximum atomic E-state index is 13.6. The SMILES string of the molecule is CCNC(=O)c1ccc(COc2ccc3c(c2)C(c2cccc(C)c2)N(C(=O)c2ccccc2)CC3)o1. The molecule has 5 rings (SSSR count). The third-order valence-corrected chi connectivity index (χ3v) is 6.59. The van der Waals surface area contributed by atoms with E-state index in [1.54, 1.807) is 12.1 Å². The average molecular weight is 495 g/mol. The minimum Gasteiger partial charge on any atom is -0.486 e. The van der Waals surface area contributed by atoms with Gasteiger partial charge in [-0.2, -0.15) is 0 Å². The van der Waals surface area contributed by atoms with Crippen LogP contribution in [-0.4, -0.2) is 29.8 Å². The third kappa shape index (κ3) is 5.28. The van der Waals surface area contributed by atoms with E-state index < -0.39 is 0 Å². The van der Waals surface area contributed by atoms with Crippen LogP contribution >= 0.6 is 0 Å². The minimum absolute atomic E-state index is 0.0116. The molecule has 6 heteroatoms. The molecular weight excluding hydrogens is 464 g/mol. The predicted molar refractivity (Wildman–Crippen MR) is 142 cm³/mol. The smallest absolute Gasteiger partial charge is 0.286 e. The molecule has 1 aliphatic heterocycles. The summed E-state index contributed by atoms with van der Waals surface area (Å²) in [5.74, 6) is 1.28. The highest BCUT2D eigenvalue weighted by atomic mass is 16.5. The Bertz CT molecular complexity index is 1410. The highest BCUT2D eigenvalue weighted by molar-refractivity contribution is 5.95. The van der Waals surface area contributed by atoms with Crippen molar-refractivity contribution in [2.45, 2.75) is 32.9 Å². The van der Waals surface area contributed by atoms with E-state index in [0.29, 0.717) is 30.2 Å². The number of hydrogen-bond acceptors (Lipinski definition) is 4. The molecule has 1 aliphatic rings. The average Bonchev–Trinajstić information content (AvgIpc) is 3.41. The van der Waals surface area contributed by atoms with Gasteiger partial charge in [0.25, 0.3) is 11.8 Å². The Labute approximate surface area is 216 Å². The van der Waals surface area contributed by atoms with Gasteiger partial charge in [-0.1, -0.05) is 54.1 Å². The number of nitrogens with one attached hydrogen (secondary N) is 1. The van der Waals surface area contributed by atoms with E-state index >= 15 is 0 Å². The van der Waals surface area contributed by atoms with Crippen molar-refractivity contribution in [2.75, 3.05) is 13.1 Å². The molecule has 0 saturated carbocycles. The van der Waals surface area contributed by atoms with Gasteiger partial charge in [0.15, 0.2) is 5.76 Å². The number of ether oxygens (including phenoxy) is 1. The van der Waals surface area contributed by atoms with Crippen LogP contribution in [0, 0.1) is 6.92 Å². The van der Waals surface area contributed by atoms with Crippen LogP contribution in [0.15, 0.2) is 89.3 Å². The molecule has 0 fully saturated rings. The summed E-state index contributed by atoms with van der Waals surface area (Å²) in [6.45, 7) is 5.29. The number of hydrogen-bond donors (Lipinski definition) is 1. The number of amides is 2. The summed E-state index contributed by atoms with van der Waals surface area (Å²) in [6.07, 6.45) is 0.768. The van der Waals surface area contributed by atoms with Crippen molar-refractivity contribution >= 4 is 11.8 Å². The molecule has 1 N–H and O–H groups in total. The number of carbonyl (C=O) groups is 2. The molecule has 2 heterocycles. The quantitative estimate of drug-likeness (QED) is 0.358. The summed E-state index contributed by atoms with van der Waals surface area (Å²) in [5, 5.41) is 2.73. The molecule has 0 spiro atoms. The Morgan fingerprint density at radius 2 is 1.84 bits per heavy atom. The second-order valence-corrected chi connectivity index (χ2v) is 9.21. The molecule has 188 valence electrons. The Hall–Kier alpha value is -4.32. The number of benzene rings is 3. The van der Waals surface area contributed by atoms with Crippen molar-refractivity contribution in [2.24, 2.45) is 0 Å². The first-order valence-electron chi connectivity index (χ1n) is 12.6. The standard InChI is InChI=1S/C31H30N2O4/c1-3-32-30(34)28-15-14-26(37-28)20-36-25-13-12-22-16-17-33(31(35)23-9-5-4-6-10-23)29(27(22)19-25)24-11-7-8-21(2)18-24/h4-15,18-19,29H,3,16-17,20H2,1-2H3,(H,32,34). The first-order chi connectivity index (χ1) is 18.0. The number of carbonyl (C=O) groups excluding carboxylic acids is 2. The van der Waals surface area contributed by atoms with E-state index in [1.807, 2.05) is 60.4 Å². The molecule has 0 aliphatic carbocycles. The number of fused-ring (bicyclic) bond motifs is 1. The topological polar surface area (TPSA) is 71.8 Å². The summed E-state index contributed by atoms with van der Waals surface area (Å²) in [4.78, 5) is 27.6. The molecule has 37 heavy (non-hydrogen) atoms. The van der Waals surface area contributed by atoms with Crippen LogP contribution < -0.4 is 10.1 Å². The fourth-order valence-corrected chi connectivity index (χ4v) is 4.83. The molecule has 2 amide bonds. The zero-order chi connectivity index (χ0) is 25.8. The maximum Gasteiger partial charge on any atom is 0.286 e. The lowest BCUT2D eigenvalue weighted by molar-refractivity contribution is 0.0694. The fourth-order valence-electron chi connectivity index (χ4n) is 4.83. The number of aryl methyl sites for hydroxylation is 1. The lowest BCUT2D eigenvalue weighted by Gasteiger charge is -2.38. The maximum absolute atomic E-state index is 13.6. The van der Waals surface area contributed by atoms with E-state index in [2.05, 4.69) is 36.5 Å². The molecule has 1 unspecified atom stereocenters. The molecule has 0 saturated heterocycles. The minimum atomic E-state index is -0.244. The Morgan fingerprint density at radius 3 is 2.62 bits per heavy atom. The lowest BCUT2D eigenvalue weighted by Crippen LogP contribution is -2.40. The van der Waals surface area contributed by atoms with Crippen molar-refractivity contribution in [3.63, 3.8) is 0 Å². The van der Waals surface area contributed by atoms with Gasteiger partial charge in [0.05, 0.1) is 6.04 Å². The van der Waals surface area contributed by atoms with Crippen LogP contribution in [0.4, 0.5) is 0 Å². The highest BCUT2D eigenvalue weighted by Gasteiger charge is 2.33. The molecule has 4 aromatic rings. The van der Waals surface area contributed by atoms with Crippen LogP contribution in [0.1, 0.15) is 61.9 Å². The van der Waals surface area contributed by atoms with Gasteiger partial charge in [-0.25, -0.2) is 0 Å². The van der Waals surface area contributed by atoms with Crippen LogP contribution in [0.3, 0.4) is 0 Å². The Morgan fingerprint density at radius 1 is 1.00 bits per heavy atom. The first kappa shape index (κ1) is 24.4. The molecule has 3 aromatic carbocycles. The van der Waals surface area contributed by atoms with Gasteiger partial charge in [0.2, 0.25) is 0 Å². The van der Waals surface area contributed by atoms with E-state index in [9.17, 15) is 9.59 Å². The monoisotopic (exact) mass is 494 g/mol. The summed E-state index contributed by atoms with van der Waals surface area (Å²) in [7, 11) is 0. The Balaban J connectivity index is 1.44. The van der Waals surface area contributed by atoms with Gasteiger partial charge in [0.1, 0.15) is 18.1 Å². The number of rotatable bonds is 7. The van der Waals surface area contributed by atoms with Gasteiger partial charge in [-0.15, -0.1) is 0 Å². The molecule has 1 atom stereocenters. The van der Waals surface area contributed by atoms with Gasteiger partial charge >= 0.3 is 0 Å². The van der Waals surface area contributed by atoms with E-state index in [-0.39, 0.29) is 30.2 Å². The second-order valence-electron chi connectivity index (χ2n) is 9.21. The summed E-state index contributed by atoms with van der Waals surface area (Å²) >= 11 is 0. The van der Waals surface area contributed by atoms with Crippen molar-refractivity contribution in [3.8, 4) is 5.75 Å². The Kier molecular flexibility index (Phi) is 7.08. The zero-order valence-corrected chi connectivity index (χ0v) is 21.1. The van der Waals surface area contributed by atoms with Gasteiger partial charge in [-0.05, 0) is 73.4 Å². The molecule has 1 aromatic heterocycles. The van der Waals surface area contributed by atoms with Crippen LogP contribution in [-0.2, 0) is 13.0 Å². The van der Waals surface area contributed by atoms with Crippen molar-refractivity contribution in [1.82, 2.24) is 10.2 Å². The van der Waals surface area contributed by atoms with E-state index in [1.165, 1.54) is 5.56 Å². The normalized spacial score (nSPS) is 14.6. The summed E-state index contributed by atoms with van der Waals surface area (Å²) < 4.78 is 11.7. The van der Waals surface area contributed by atoms with Crippen molar-refractivity contribution in [3.05, 3.63) is 124 Å². The number of furan rings is 1. The molecule has 0 radical (unpaired) electrons. The number of nitrogens with zero attached hydrogens (tertiary/aromatic N) is 1. The second kappa shape index (κ2) is 10.7. The largest absolute Gasteiger partial charge is 0.486 e. The van der Waals surface area contributed by atoms with Gasteiger partial charge in [-0.3, -0.25) is 9.59 Å². The van der Waals surface area contributed by atoms with E-state index in [0.717, 1.165) is 23.1 Å². The molecular formula is C31H30N2O4. The van der Waals surface area contributed by atoms with Crippen LogP contribution in [0.25, 0.3) is 0 Å². The summed E-state index contributed by atoms with van der Waals surface area (Å²) in [5.41, 5.74) is 5.15. The first-order valence-corrected chi connectivity index (χ1v) is 12.6. The van der Waals surface area contributed by atoms with Crippen molar-refractivity contribution in [1.29, 1.82) is 0 Å². The van der Waals surface area contributed by atoms with E-state index in [4.69, 9.17) is 9.15 Å². The van der Waals surface area contributed by atoms with Gasteiger partial charge in [0, 0.05) is 18.7 Å². The van der Waals surface area contributed by atoms with Crippen LogP contribution in [0.5, 0.6) is 5.75 Å². The predicted octanol–water partition coefficient (Wildman–Crippen LogP) is 5.70. The zero-order valence-electron chi connectivity index (χ0n) is 21.1. The van der Waals surface area contributed by atoms with Crippen molar-refractivity contribution < 1.29 is 18.7 Å².